The highest BCUT2D eigenvalue weighted by Gasteiger charge is 2.14. The quantitative estimate of drug-likeness (QED) is 0.845. The van der Waals surface area contributed by atoms with Gasteiger partial charge in [0.2, 0.25) is 5.91 Å². The van der Waals surface area contributed by atoms with Crippen LogP contribution in [0, 0.1) is 0 Å². The monoisotopic (exact) mass is 308 g/mol. The number of methoxy groups -OCH3 is 1. The molecule has 2 aromatic rings. The van der Waals surface area contributed by atoms with Crippen molar-refractivity contribution in [1.29, 1.82) is 0 Å². The van der Waals surface area contributed by atoms with Gasteiger partial charge in [0.05, 0.1) is 27.9 Å². The number of carbonyl (C=O) groups excluding carboxylic acids is 1. The molecule has 1 aromatic heterocycles. The van der Waals surface area contributed by atoms with Gasteiger partial charge in [-0.15, -0.1) is 11.3 Å². The Labute approximate surface area is 128 Å². The van der Waals surface area contributed by atoms with Crippen molar-refractivity contribution in [3.8, 4) is 0 Å². The van der Waals surface area contributed by atoms with Gasteiger partial charge >= 0.3 is 0 Å². The maximum atomic E-state index is 12.0. The summed E-state index contributed by atoms with van der Waals surface area (Å²) < 4.78 is 5.99. The van der Waals surface area contributed by atoms with E-state index in [-0.39, 0.29) is 19.1 Å². The number of carbonyl (C=O) groups is 1. The number of amides is 1. The Bertz CT molecular complexity index is 566. The third-order valence-corrected chi connectivity index (χ3v) is 4.26. The van der Waals surface area contributed by atoms with Crippen LogP contribution in [-0.4, -0.2) is 54.3 Å². The van der Waals surface area contributed by atoms with Crippen molar-refractivity contribution in [2.45, 2.75) is 18.9 Å². The molecule has 0 saturated carbocycles. The predicted octanol–water partition coefficient (Wildman–Crippen LogP) is 1.69. The molecule has 0 bridgehead atoms. The Morgan fingerprint density at radius 1 is 1.48 bits per heavy atom. The molecule has 1 atom stereocenters. The maximum Gasteiger partial charge on any atom is 0.222 e. The van der Waals surface area contributed by atoms with Crippen molar-refractivity contribution in [1.82, 2.24) is 9.88 Å². The van der Waals surface area contributed by atoms with Gasteiger partial charge in [0.25, 0.3) is 0 Å². The minimum atomic E-state index is -0.647. The van der Waals surface area contributed by atoms with Crippen LogP contribution in [0.25, 0.3) is 10.2 Å². The second kappa shape index (κ2) is 7.49. The standard InChI is InChI=1S/C15H20N2O3S/c1-17(9-11(18)10-20-2)15(19)8-7-14-16-12-5-3-4-6-13(12)21-14/h3-6,11,18H,7-10H2,1-2H3. The lowest BCUT2D eigenvalue weighted by atomic mass is 10.2. The first kappa shape index (κ1) is 15.9. The van der Waals surface area contributed by atoms with E-state index in [2.05, 4.69) is 4.98 Å². The largest absolute Gasteiger partial charge is 0.389 e. The molecular formula is C15H20N2O3S. The van der Waals surface area contributed by atoms with Gasteiger partial charge < -0.3 is 14.7 Å². The number of hydrogen-bond donors (Lipinski definition) is 1. The van der Waals surface area contributed by atoms with Gasteiger partial charge in [0.1, 0.15) is 0 Å². The summed E-state index contributed by atoms with van der Waals surface area (Å²) in [6, 6.07) is 7.96. The number of thiazole rings is 1. The predicted molar refractivity (Wildman–Crippen MR) is 83.5 cm³/mol. The van der Waals surface area contributed by atoms with Crippen LogP contribution in [-0.2, 0) is 16.0 Å². The van der Waals surface area contributed by atoms with Gasteiger partial charge in [-0.2, -0.15) is 0 Å². The Hall–Kier alpha value is -1.50. The van der Waals surface area contributed by atoms with Crippen LogP contribution in [0.3, 0.4) is 0 Å². The summed E-state index contributed by atoms with van der Waals surface area (Å²) in [5.74, 6) is 0.00408. The van der Waals surface area contributed by atoms with E-state index >= 15 is 0 Å². The molecule has 1 heterocycles. The zero-order valence-electron chi connectivity index (χ0n) is 12.3. The molecule has 0 aliphatic carbocycles. The van der Waals surface area contributed by atoms with Gasteiger partial charge in [0.15, 0.2) is 0 Å². The number of likely N-dealkylation sites (N-methyl/N-ethyl adjacent to an activating group) is 1. The van der Waals surface area contributed by atoms with E-state index in [0.717, 1.165) is 15.2 Å². The number of nitrogens with zero attached hydrogens (tertiary/aromatic N) is 2. The SMILES string of the molecule is COCC(O)CN(C)C(=O)CCc1nc2ccccc2s1. The molecule has 0 aliphatic heterocycles. The minimum Gasteiger partial charge on any atom is -0.389 e. The fourth-order valence-electron chi connectivity index (χ4n) is 2.09. The Morgan fingerprint density at radius 3 is 2.95 bits per heavy atom. The van der Waals surface area contributed by atoms with Crippen LogP contribution in [0.2, 0.25) is 0 Å². The van der Waals surface area contributed by atoms with Crippen LogP contribution < -0.4 is 0 Å². The number of para-hydroxylation sites is 1. The molecular weight excluding hydrogens is 288 g/mol. The summed E-state index contributed by atoms with van der Waals surface area (Å²) >= 11 is 1.62. The third-order valence-electron chi connectivity index (χ3n) is 3.16. The van der Waals surface area contributed by atoms with Gasteiger partial charge in [-0.1, -0.05) is 12.1 Å². The average molecular weight is 308 g/mol. The van der Waals surface area contributed by atoms with E-state index in [1.807, 2.05) is 24.3 Å². The number of hydrogen-bond acceptors (Lipinski definition) is 5. The zero-order chi connectivity index (χ0) is 15.2. The first-order chi connectivity index (χ1) is 10.1. The smallest absolute Gasteiger partial charge is 0.222 e. The van der Waals surface area contributed by atoms with Crippen molar-refractivity contribution < 1.29 is 14.6 Å². The van der Waals surface area contributed by atoms with Gasteiger partial charge in [-0.05, 0) is 12.1 Å². The number of ether oxygens (including phenoxy) is 1. The molecule has 1 amide bonds. The number of aryl methyl sites for hydroxylation is 1. The highest BCUT2D eigenvalue weighted by atomic mass is 32.1. The fourth-order valence-corrected chi connectivity index (χ4v) is 3.06. The molecule has 1 aromatic carbocycles. The molecule has 21 heavy (non-hydrogen) atoms. The molecule has 2 rings (SSSR count). The lowest BCUT2D eigenvalue weighted by Gasteiger charge is -2.20. The van der Waals surface area contributed by atoms with E-state index in [1.165, 1.54) is 12.0 Å². The van der Waals surface area contributed by atoms with Crippen molar-refractivity contribution in [3.05, 3.63) is 29.3 Å². The summed E-state index contributed by atoms with van der Waals surface area (Å²) in [6.45, 7) is 0.516. The summed E-state index contributed by atoms with van der Waals surface area (Å²) in [5.41, 5.74) is 0.980. The number of aliphatic hydroxyl groups is 1. The number of aromatic nitrogens is 1. The molecule has 0 radical (unpaired) electrons. The Morgan fingerprint density at radius 2 is 2.24 bits per heavy atom. The minimum absolute atomic E-state index is 0.00408. The molecule has 1 N–H and O–H groups in total. The number of fused-ring (bicyclic) bond motifs is 1. The molecule has 114 valence electrons. The Kier molecular flexibility index (Phi) is 5.67. The number of rotatable bonds is 7. The van der Waals surface area contributed by atoms with Crippen LogP contribution in [0.1, 0.15) is 11.4 Å². The normalized spacial score (nSPS) is 12.5. The summed E-state index contributed by atoms with van der Waals surface area (Å²) in [7, 11) is 3.22. The topological polar surface area (TPSA) is 62.7 Å². The summed E-state index contributed by atoms with van der Waals surface area (Å²) in [6.07, 6.45) is 0.380. The highest BCUT2D eigenvalue weighted by molar-refractivity contribution is 7.18. The van der Waals surface area contributed by atoms with Crippen molar-refractivity contribution >= 4 is 27.5 Å². The Balaban J connectivity index is 1.85. The van der Waals surface area contributed by atoms with Gasteiger partial charge in [-0.3, -0.25) is 4.79 Å². The molecule has 0 fully saturated rings. The zero-order valence-corrected chi connectivity index (χ0v) is 13.1. The maximum absolute atomic E-state index is 12.0. The van der Waals surface area contributed by atoms with E-state index in [1.54, 1.807) is 18.4 Å². The van der Waals surface area contributed by atoms with Crippen LogP contribution in [0.5, 0.6) is 0 Å². The lowest BCUT2D eigenvalue weighted by molar-refractivity contribution is -0.131. The van der Waals surface area contributed by atoms with Crippen molar-refractivity contribution in [2.75, 3.05) is 27.3 Å². The van der Waals surface area contributed by atoms with E-state index < -0.39 is 6.10 Å². The molecule has 1 unspecified atom stereocenters. The second-order valence-corrected chi connectivity index (χ2v) is 6.07. The fraction of sp³-hybridized carbons (Fsp3) is 0.467. The molecule has 6 heteroatoms. The number of benzene rings is 1. The van der Waals surface area contributed by atoms with Crippen LogP contribution in [0.15, 0.2) is 24.3 Å². The average Bonchev–Trinajstić information content (AvgIpc) is 2.87. The first-order valence-electron chi connectivity index (χ1n) is 6.85. The van der Waals surface area contributed by atoms with Crippen LogP contribution in [0.4, 0.5) is 0 Å². The first-order valence-corrected chi connectivity index (χ1v) is 7.67. The molecule has 5 nitrogen and oxygen atoms in total. The van der Waals surface area contributed by atoms with Gasteiger partial charge in [0, 0.05) is 33.5 Å². The molecule has 0 aliphatic rings. The summed E-state index contributed by atoms with van der Waals surface area (Å²) in [4.78, 5) is 18.1. The molecule has 0 saturated heterocycles. The number of aliphatic hydroxyl groups excluding tert-OH is 1. The van der Waals surface area contributed by atoms with E-state index in [0.29, 0.717) is 12.8 Å². The summed E-state index contributed by atoms with van der Waals surface area (Å²) in [5, 5.41) is 10.6. The lowest BCUT2D eigenvalue weighted by Crippen LogP contribution is -2.36. The third kappa shape index (κ3) is 4.49. The van der Waals surface area contributed by atoms with Gasteiger partial charge in [-0.25, -0.2) is 4.98 Å². The highest BCUT2D eigenvalue weighted by Crippen LogP contribution is 2.22. The second-order valence-electron chi connectivity index (χ2n) is 4.96. The van der Waals surface area contributed by atoms with Crippen LogP contribution >= 0.6 is 11.3 Å². The molecule has 0 spiro atoms. The van der Waals surface area contributed by atoms with Crippen molar-refractivity contribution in [2.24, 2.45) is 0 Å². The van der Waals surface area contributed by atoms with E-state index in [9.17, 15) is 9.90 Å². The van der Waals surface area contributed by atoms with Crippen molar-refractivity contribution in [3.63, 3.8) is 0 Å². The van der Waals surface area contributed by atoms with E-state index in [4.69, 9.17) is 4.74 Å².